The Balaban J connectivity index is 1.15. The molecule has 0 bridgehead atoms. The second kappa shape index (κ2) is 13.8. The molecule has 0 atom stereocenters. The largest absolute Gasteiger partial charge is 0.310 e. The van der Waals surface area contributed by atoms with Gasteiger partial charge in [-0.3, -0.25) is 0 Å². The first-order valence-electron chi connectivity index (χ1n) is 21.7. The third-order valence-electron chi connectivity index (χ3n) is 14.3. The number of hydrogen-bond donors (Lipinski definition) is 0. The van der Waals surface area contributed by atoms with Crippen molar-refractivity contribution in [2.45, 2.75) is 50.9 Å². The van der Waals surface area contributed by atoms with E-state index in [2.05, 4.69) is 246 Å². The summed E-state index contributed by atoms with van der Waals surface area (Å²) in [6, 6.07) is 77.0. The van der Waals surface area contributed by atoms with E-state index in [0.717, 1.165) is 17.1 Å². The van der Waals surface area contributed by atoms with Crippen molar-refractivity contribution in [3.63, 3.8) is 0 Å². The first-order chi connectivity index (χ1) is 29.7. The summed E-state index contributed by atoms with van der Waals surface area (Å²) in [5.41, 5.74) is 19.9. The van der Waals surface area contributed by atoms with Crippen LogP contribution in [-0.4, -0.2) is 0 Å². The van der Waals surface area contributed by atoms with Crippen LogP contribution in [0.4, 0.5) is 17.1 Å². The van der Waals surface area contributed by atoms with Crippen LogP contribution < -0.4 is 4.90 Å². The summed E-state index contributed by atoms with van der Waals surface area (Å²) in [6.45, 7) is 11.8. The first-order valence-corrected chi connectivity index (χ1v) is 21.7. The van der Waals surface area contributed by atoms with E-state index in [4.69, 9.17) is 0 Å². The van der Waals surface area contributed by atoms with Crippen molar-refractivity contribution in [2.24, 2.45) is 0 Å². The molecule has 0 amide bonds. The van der Waals surface area contributed by atoms with Gasteiger partial charge in [0.1, 0.15) is 0 Å². The summed E-state index contributed by atoms with van der Waals surface area (Å²) in [5, 5.41) is 2.47. The maximum Gasteiger partial charge on any atom is 0.0546 e. The Bertz CT molecular complexity index is 3090. The summed E-state index contributed by atoms with van der Waals surface area (Å²) in [7, 11) is 0. The Hall–Kier alpha value is -6.96. The van der Waals surface area contributed by atoms with Crippen LogP contribution in [0.3, 0.4) is 0 Å². The van der Waals surface area contributed by atoms with Gasteiger partial charge < -0.3 is 4.90 Å². The summed E-state index contributed by atoms with van der Waals surface area (Å²) in [6.07, 6.45) is 0. The SMILES string of the molecule is CC1(C)c2ccccc2-c2cc(N(c3ccc(C(C)(c4ccccc4)c4ccccc4)cc3)c3ccc4ccccc4c3-c3ccc4c(c3)C(C)(C)c3ccccc3-4)ccc21. The normalized spacial score (nSPS) is 14.2. The molecule has 9 aromatic carbocycles. The average molecular weight is 784 g/mol. The average Bonchev–Trinajstić information content (AvgIpc) is 3.68. The second-order valence-electron chi connectivity index (χ2n) is 18.3. The lowest BCUT2D eigenvalue weighted by molar-refractivity contribution is 0.660. The van der Waals surface area contributed by atoms with Gasteiger partial charge in [-0.1, -0.05) is 198 Å². The fourth-order valence-corrected chi connectivity index (χ4v) is 10.9. The van der Waals surface area contributed by atoms with Crippen LogP contribution in [0.25, 0.3) is 44.2 Å². The molecule has 11 rings (SSSR count). The lowest BCUT2D eigenvalue weighted by Gasteiger charge is -2.33. The Labute approximate surface area is 360 Å². The van der Waals surface area contributed by atoms with E-state index in [9.17, 15) is 0 Å². The molecule has 2 aliphatic carbocycles. The van der Waals surface area contributed by atoms with E-state index in [-0.39, 0.29) is 16.2 Å². The Kier molecular flexibility index (Phi) is 8.38. The number of anilines is 3. The Morgan fingerprint density at radius 3 is 1.56 bits per heavy atom. The molecular formula is C60H49N. The summed E-state index contributed by atoms with van der Waals surface area (Å²) in [5.74, 6) is 0. The standard InChI is InChI=1S/C60H49N/c1-58(2)53-27-17-15-25-49(53)51-39-46(34-36-54(51)58)61(45-32-30-44(31-33-45)60(5,42-19-8-6-9-20-42)43-21-10-7-11-22-43)56-37-29-40-18-12-13-23-47(40)57(56)41-28-35-50-48-24-14-16-26-52(48)59(3,4)55(50)38-41/h6-39H,1-5H3. The van der Waals surface area contributed by atoms with Crippen molar-refractivity contribution >= 4 is 27.8 Å². The molecule has 0 saturated heterocycles. The van der Waals surface area contributed by atoms with Crippen LogP contribution in [0.2, 0.25) is 0 Å². The van der Waals surface area contributed by atoms with Gasteiger partial charge in [0.2, 0.25) is 0 Å². The van der Waals surface area contributed by atoms with Crippen LogP contribution in [-0.2, 0) is 16.2 Å². The third-order valence-corrected chi connectivity index (χ3v) is 14.3. The lowest BCUT2D eigenvalue weighted by atomic mass is 9.71. The third kappa shape index (κ3) is 5.60. The Morgan fingerprint density at radius 2 is 0.885 bits per heavy atom. The summed E-state index contributed by atoms with van der Waals surface area (Å²) >= 11 is 0. The maximum atomic E-state index is 2.51. The maximum absolute atomic E-state index is 2.51. The highest BCUT2D eigenvalue weighted by Gasteiger charge is 2.38. The fourth-order valence-electron chi connectivity index (χ4n) is 10.9. The van der Waals surface area contributed by atoms with Crippen LogP contribution in [0, 0.1) is 0 Å². The van der Waals surface area contributed by atoms with E-state index in [0.29, 0.717) is 0 Å². The van der Waals surface area contributed by atoms with Gasteiger partial charge in [-0.2, -0.15) is 0 Å². The van der Waals surface area contributed by atoms with E-state index < -0.39 is 0 Å². The topological polar surface area (TPSA) is 3.24 Å². The summed E-state index contributed by atoms with van der Waals surface area (Å²) in [4.78, 5) is 2.51. The van der Waals surface area contributed by atoms with E-state index in [1.807, 2.05) is 0 Å². The monoisotopic (exact) mass is 783 g/mol. The molecule has 0 saturated carbocycles. The molecule has 0 aliphatic heterocycles. The van der Waals surface area contributed by atoms with Crippen molar-refractivity contribution < 1.29 is 0 Å². The fraction of sp³-hybridized carbons (Fsp3) is 0.133. The molecule has 0 radical (unpaired) electrons. The molecular weight excluding hydrogens is 735 g/mol. The molecule has 294 valence electrons. The van der Waals surface area contributed by atoms with Gasteiger partial charge in [0.25, 0.3) is 0 Å². The van der Waals surface area contributed by atoms with Crippen molar-refractivity contribution in [1.82, 2.24) is 0 Å². The highest BCUT2D eigenvalue weighted by molar-refractivity contribution is 6.06. The van der Waals surface area contributed by atoms with E-state index in [1.165, 1.54) is 83.1 Å². The molecule has 0 aromatic heterocycles. The number of fused-ring (bicyclic) bond motifs is 7. The van der Waals surface area contributed by atoms with Gasteiger partial charge in [0, 0.05) is 33.2 Å². The molecule has 61 heavy (non-hydrogen) atoms. The second-order valence-corrected chi connectivity index (χ2v) is 18.3. The minimum Gasteiger partial charge on any atom is -0.310 e. The quantitative estimate of drug-likeness (QED) is 0.146. The summed E-state index contributed by atoms with van der Waals surface area (Å²) < 4.78 is 0. The number of rotatable bonds is 7. The van der Waals surface area contributed by atoms with Gasteiger partial charge in [-0.15, -0.1) is 0 Å². The Morgan fingerprint density at radius 1 is 0.377 bits per heavy atom. The zero-order chi connectivity index (χ0) is 41.5. The molecule has 1 nitrogen and oxygen atoms in total. The van der Waals surface area contributed by atoms with E-state index >= 15 is 0 Å². The van der Waals surface area contributed by atoms with Gasteiger partial charge in [0.05, 0.1) is 5.69 Å². The minimum atomic E-state index is -0.350. The van der Waals surface area contributed by atoms with Gasteiger partial charge in [0.15, 0.2) is 0 Å². The number of benzene rings is 9. The predicted molar refractivity (Wildman–Crippen MR) is 258 cm³/mol. The van der Waals surface area contributed by atoms with Gasteiger partial charge in [-0.05, 0) is 121 Å². The molecule has 9 aromatic rings. The minimum absolute atomic E-state index is 0.0842. The van der Waals surface area contributed by atoms with Gasteiger partial charge in [-0.25, -0.2) is 0 Å². The molecule has 0 unspecified atom stereocenters. The zero-order valence-electron chi connectivity index (χ0n) is 35.6. The molecule has 0 fully saturated rings. The molecule has 0 spiro atoms. The number of nitrogens with zero attached hydrogens (tertiary/aromatic N) is 1. The van der Waals surface area contributed by atoms with Crippen molar-refractivity contribution in [3.05, 3.63) is 245 Å². The lowest BCUT2D eigenvalue weighted by Crippen LogP contribution is -2.25. The zero-order valence-corrected chi connectivity index (χ0v) is 35.6. The van der Waals surface area contributed by atoms with Crippen molar-refractivity contribution in [3.8, 4) is 33.4 Å². The van der Waals surface area contributed by atoms with Crippen LogP contribution in [0.5, 0.6) is 0 Å². The highest BCUT2D eigenvalue weighted by Crippen LogP contribution is 2.54. The van der Waals surface area contributed by atoms with Crippen molar-refractivity contribution in [1.29, 1.82) is 0 Å². The van der Waals surface area contributed by atoms with Gasteiger partial charge >= 0.3 is 0 Å². The smallest absolute Gasteiger partial charge is 0.0546 e. The number of hydrogen-bond acceptors (Lipinski definition) is 1. The molecule has 0 N–H and O–H groups in total. The molecule has 0 heterocycles. The predicted octanol–water partition coefficient (Wildman–Crippen LogP) is 15.9. The van der Waals surface area contributed by atoms with Crippen molar-refractivity contribution in [2.75, 3.05) is 4.90 Å². The van der Waals surface area contributed by atoms with Crippen LogP contribution in [0.15, 0.2) is 206 Å². The first kappa shape index (κ1) is 37.1. The van der Waals surface area contributed by atoms with Crippen LogP contribution in [0.1, 0.15) is 73.6 Å². The molecule has 2 aliphatic rings. The molecule has 1 heteroatoms. The van der Waals surface area contributed by atoms with Crippen LogP contribution >= 0.6 is 0 Å². The highest BCUT2D eigenvalue weighted by atomic mass is 15.1. The van der Waals surface area contributed by atoms with E-state index in [1.54, 1.807) is 0 Å².